The summed E-state index contributed by atoms with van der Waals surface area (Å²) in [6, 6.07) is 4.15. The van der Waals surface area contributed by atoms with E-state index in [1.165, 1.54) is 31.5 Å². The molecule has 0 fully saturated rings. The maximum absolute atomic E-state index is 14.3. The largest absolute Gasteiger partial charge is 0.492 e. The highest BCUT2D eigenvalue weighted by Crippen LogP contribution is 2.35. The van der Waals surface area contributed by atoms with Crippen molar-refractivity contribution in [2.45, 2.75) is 13.3 Å². The Labute approximate surface area is 141 Å². The predicted octanol–water partition coefficient (Wildman–Crippen LogP) is 1.42. The third-order valence-corrected chi connectivity index (χ3v) is 4.71. The highest BCUT2D eigenvalue weighted by molar-refractivity contribution is 7.92. The van der Waals surface area contributed by atoms with Crippen LogP contribution in [-0.2, 0) is 10.0 Å². The van der Waals surface area contributed by atoms with Crippen LogP contribution in [0.4, 0.5) is 15.9 Å². The van der Waals surface area contributed by atoms with E-state index in [2.05, 4.69) is 9.71 Å². The molecule has 0 saturated carbocycles. The minimum Gasteiger partial charge on any atom is -0.492 e. The van der Waals surface area contributed by atoms with Crippen molar-refractivity contribution in [2.24, 2.45) is 0 Å². The van der Waals surface area contributed by atoms with E-state index in [9.17, 15) is 12.8 Å². The average molecular weight is 349 g/mol. The predicted molar refractivity (Wildman–Crippen MR) is 93.7 cm³/mol. The summed E-state index contributed by atoms with van der Waals surface area (Å²) in [7, 11) is 3.33. The number of aromatic nitrogens is 1. The Balaban J connectivity index is 2.59. The van der Waals surface area contributed by atoms with Crippen molar-refractivity contribution in [3.63, 3.8) is 0 Å². The number of sulfonamides is 1. The van der Waals surface area contributed by atoms with Crippen LogP contribution in [0.15, 0.2) is 24.4 Å². The highest BCUT2D eigenvalue weighted by Gasteiger charge is 2.18. The first kappa shape index (κ1) is 18.1. The number of methoxy groups -OCH3 is 1. The Hall–Kier alpha value is -2.29. The summed E-state index contributed by atoms with van der Waals surface area (Å²) in [5, 5.41) is 0. The zero-order chi connectivity index (χ0) is 17.9. The number of hydrogen-bond donors (Lipinski definition) is 2. The Kier molecular flexibility index (Phi) is 5.33. The number of nitrogens with two attached hydrogens (primary N) is 1. The Morgan fingerprint density at radius 1 is 1.38 bits per heavy atom. The van der Waals surface area contributed by atoms with Gasteiger partial charge >= 0.3 is 0 Å². The summed E-state index contributed by atoms with van der Waals surface area (Å²) < 4.78 is 45.7. The highest BCUT2D eigenvalue weighted by atomic mass is 32.2. The average Bonchev–Trinajstić information content (AvgIpc) is 2.49. The topological polar surface area (TPSA) is 94.3 Å². The molecule has 2 radical (unpaired) electrons. The second-order valence-electron chi connectivity index (χ2n) is 5.16. The van der Waals surface area contributed by atoms with Crippen molar-refractivity contribution < 1.29 is 17.5 Å². The monoisotopic (exact) mass is 349 g/mol. The molecule has 24 heavy (non-hydrogen) atoms. The van der Waals surface area contributed by atoms with Gasteiger partial charge in [0.15, 0.2) is 11.6 Å². The summed E-state index contributed by atoms with van der Waals surface area (Å²) in [6.45, 7) is 1.73. The molecule has 0 aliphatic carbocycles. The summed E-state index contributed by atoms with van der Waals surface area (Å²) >= 11 is 0. The number of nitrogens with one attached hydrogen (secondary N) is 1. The molecule has 0 atom stereocenters. The minimum absolute atomic E-state index is 0.0113. The van der Waals surface area contributed by atoms with Crippen LogP contribution in [0.2, 0.25) is 0 Å². The summed E-state index contributed by atoms with van der Waals surface area (Å²) in [5.74, 6) is -0.875. The molecule has 1 aromatic carbocycles. The zero-order valence-corrected chi connectivity index (χ0v) is 14.2. The minimum atomic E-state index is -3.62. The number of benzene rings is 1. The number of anilines is 2. The van der Waals surface area contributed by atoms with Gasteiger partial charge in [0.1, 0.15) is 13.7 Å². The summed E-state index contributed by atoms with van der Waals surface area (Å²) in [6.07, 6.45) is 1.80. The third-order valence-electron chi connectivity index (χ3n) is 3.24. The van der Waals surface area contributed by atoms with Crippen molar-refractivity contribution in [1.82, 2.24) is 4.98 Å². The van der Waals surface area contributed by atoms with Crippen LogP contribution in [-0.4, -0.2) is 34.1 Å². The van der Waals surface area contributed by atoms with Crippen molar-refractivity contribution in [3.05, 3.63) is 30.2 Å². The molecule has 1 aromatic heterocycles. The van der Waals surface area contributed by atoms with Gasteiger partial charge in [-0.3, -0.25) is 4.72 Å². The van der Waals surface area contributed by atoms with Gasteiger partial charge in [-0.05, 0) is 24.1 Å². The molecule has 0 aliphatic rings. The fraction of sp³-hybridized carbons (Fsp3) is 0.267. The second kappa shape index (κ2) is 7.08. The quantitative estimate of drug-likeness (QED) is 0.770. The molecular formula is C15H17BFN3O3S. The number of hydrogen-bond acceptors (Lipinski definition) is 5. The fourth-order valence-corrected chi connectivity index (χ4v) is 3.37. The lowest BCUT2D eigenvalue weighted by atomic mass is 9.94. The second-order valence-corrected chi connectivity index (χ2v) is 7.00. The number of nitrogens with zero attached hydrogens (tertiary/aromatic N) is 1. The van der Waals surface area contributed by atoms with E-state index in [-0.39, 0.29) is 23.0 Å². The number of nitrogen functional groups attached to an aromatic ring is 1. The van der Waals surface area contributed by atoms with Crippen molar-refractivity contribution in [3.8, 4) is 16.9 Å². The maximum Gasteiger partial charge on any atom is 0.232 e. The van der Waals surface area contributed by atoms with E-state index < -0.39 is 15.8 Å². The van der Waals surface area contributed by atoms with Crippen LogP contribution in [0.1, 0.15) is 13.3 Å². The van der Waals surface area contributed by atoms with E-state index in [1.54, 1.807) is 6.92 Å². The lowest BCUT2D eigenvalue weighted by Gasteiger charge is -2.15. The van der Waals surface area contributed by atoms with Gasteiger partial charge in [-0.2, -0.15) is 0 Å². The third kappa shape index (κ3) is 3.97. The molecular weight excluding hydrogens is 332 g/mol. The zero-order valence-electron chi connectivity index (χ0n) is 13.3. The van der Waals surface area contributed by atoms with Crippen LogP contribution in [0.5, 0.6) is 5.75 Å². The standard InChI is InChI=1S/C15H17BFN3O3S/c1-3-4-24(21,22)20-13-6-9(5-12(17)14(13)23-2)11-7-10(16)8-19-15(11)18/h5-8,20H,3-4H2,1-2H3,(H2,18,19). The van der Waals surface area contributed by atoms with Crippen LogP contribution >= 0.6 is 0 Å². The van der Waals surface area contributed by atoms with E-state index in [1.807, 2.05) is 0 Å². The van der Waals surface area contributed by atoms with Crippen LogP contribution in [0, 0.1) is 5.82 Å². The Morgan fingerprint density at radius 3 is 2.71 bits per heavy atom. The first-order valence-corrected chi connectivity index (χ1v) is 8.82. The molecule has 0 aliphatic heterocycles. The van der Waals surface area contributed by atoms with E-state index in [0.29, 0.717) is 23.0 Å². The van der Waals surface area contributed by atoms with E-state index in [4.69, 9.17) is 18.3 Å². The van der Waals surface area contributed by atoms with Crippen molar-refractivity contribution >= 4 is 34.8 Å². The van der Waals surface area contributed by atoms with E-state index in [0.717, 1.165) is 0 Å². The van der Waals surface area contributed by atoms with Gasteiger partial charge in [0.25, 0.3) is 0 Å². The molecule has 0 saturated heterocycles. The summed E-state index contributed by atoms with van der Waals surface area (Å²) in [4.78, 5) is 3.92. The Bertz CT molecular complexity index is 859. The number of pyridine rings is 1. The molecule has 0 amide bonds. The lowest BCUT2D eigenvalue weighted by molar-refractivity contribution is 0.389. The lowest BCUT2D eigenvalue weighted by Crippen LogP contribution is -2.17. The van der Waals surface area contributed by atoms with Gasteiger partial charge in [0.2, 0.25) is 10.0 Å². The molecule has 3 N–H and O–H groups in total. The number of rotatable bonds is 6. The molecule has 0 bridgehead atoms. The van der Waals surface area contributed by atoms with Gasteiger partial charge in [0, 0.05) is 11.8 Å². The molecule has 6 nitrogen and oxygen atoms in total. The van der Waals surface area contributed by atoms with Crippen LogP contribution in [0.3, 0.4) is 0 Å². The first-order valence-electron chi connectivity index (χ1n) is 7.16. The maximum atomic E-state index is 14.3. The molecule has 2 rings (SSSR count). The normalized spacial score (nSPS) is 11.3. The fourth-order valence-electron chi connectivity index (χ4n) is 2.24. The molecule has 1 heterocycles. The number of halogens is 1. The smallest absolute Gasteiger partial charge is 0.232 e. The van der Waals surface area contributed by atoms with Gasteiger partial charge in [-0.15, -0.1) is 0 Å². The SMILES string of the molecule is [B]c1cnc(N)c(-c2cc(F)c(OC)c(NS(=O)(=O)CCC)c2)c1. The molecule has 0 spiro atoms. The van der Waals surface area contributed by atoms with Crippen LogP contribution < -0.4 is 20.7 Å². The van der Waals surface area contributed by atoms with Gasteiger partial charge in [-0.25, -0.2) is 17.8 Å². The van der Waals surface area contributed by atoms with Crippen molar-refractivity contribution in [1.29, 1.82) is 0 Å². The van der Waals surface area contributed by atoms with Crippen LogP contribution in [0.25, 0.3) is 11.1 Å². The summed E-state index contributed by atoms with van der Waals surface area (Å²) in [5.41, 5.74) is 6.88. The van der Waals surface area contributed by atoms with Crippen molar-refractivity contribution in [2.75, 3.05) is 23.3 Å². The molecule has 9 heteroatoms. The molecule has 2 aromatic rings. The molecule has 126 valence electrons. The molecule has 0 unspecified atom stereocenters. The Morgan fingerprint density at radius 2 is 2.08 bits per heavy atom. The van der Waals surface area contributed by atoms with Gasteiger partial charge in [0.05, 0.1) is 18.6 Å². The number of ether oxygens (including phenoxy) is 1. The van der Waals surface area contributed by atoms with Gasteiger partial charge in [-0.1, -0.05) is 18.5 Å². The van der Waals surface area contributed by atoms with Gasteiger partial charge < -0.3 is 10.5 Å². The van der Waals surface area contributed by atoms with E-state index >= 15 is 0 Å². The first-order chi connectivity index (χ1) is 11.3.